The highest BCUT2D eigenvalue weighted by Crippen LogP contribution is 2.39. The lowest BCUT2D eigenvalue weighted by Gasteiger charge is -2.44. The van der Waals surface area contributed by atoms with Crippen LogP contribution in [0.4, 0.5) is 10.1 Å². The van der Waals surface area contributed by atoms with Crippen LogP contribution in [0, 0.1) is 28.5 Å². The van der Waals surface area contributed by atoms with Crippen molar-refractivity contribution in [2.24, 2.45) is 11.3 Å². The average molecular weight is 246 g/mol. The minimum atomic E-state index is -0.173. The molecule has 1 aliphatic heterocycles. The van der Waals surface area contributed by atoms with Gasteiger partial charge in [-0.1, -0.05) is 26.0 Å². The van der Waals surface area contributed by atoms with Gasteiger partial charge in [0.15, 0.2) is 0 Å². The van der Waals surface area contributed by atoms with Crippen LogP contribution in [0.1, 0.15) is 26.7 Å². The first-order valence-electron chi connectivity index (χ1n) is 6.41. The molecular weight excluding hydrogens is 227 g/mol. The number of benzene rings is 1. The standard InChI is InChI=1S/C15H19FN2/c1-15(2)8-10-18(11-12(15)7-9-17)14-6-4-3-5-13(14)16/h3-6,12H,7-8,10-11H2,1-2H3. The molecule has 1 unspecified atom stereocenters. The number of halogens is 1. The lowest BCUT2D eigenvalue weighted by molar-refractivity contribution is 0.173. The van der Waals surface area contributed by atoms with Crippen molar-refractivity contribution in [2.45, 2.75) is 26.7 Å². The molecule has 0 aromatic heterocycles. The number of nitriles is 1. The Morgan fingerprint density at radius 1 is 1.44 bits per heavy atom. The van der Waals surface area contributed by atoms with Gasteiger partial charge in [-0.2, -0.15) is 5.26 Å². The number of nitrogens with zero attached hydrogens (tertiary/aromatic N) is 2. The summed E-state index contributed by atoms with van der Waals surface area (Å²) >= 11 is 0. The van der Waals surface area contributed by atoms with Crippen molar-refractivity contribution in [3.8, 4) is 6.07 Å². The van der Waals surface area contributed by atoms with Crippen molar-refractivity contribution >= 4 is 5.69 Å². The van der Waals surface area contributed by atoms with E-state index in [1.165, 1.54) is 6.07 Å². The zero-order chi connectivity index (χ0) is 13.2. The van der Waals surface area contributed by atoms with E-state index in [2.05, 4.69) is 24.8 Å². The summed E-state index contributed by atoms with van der Waals surface area (Å²) in [4.78, 5) is 2.07. The van der Waals surface area contributed by atoms with Crippen LogP contribution in [0.3, 0.4) is 0 Å². The van der Waals surface area contributed by atoms with Crippen LogP contribution in [-0.4, -0.2) is 13.1 Å². The highest BCUT2D eigenvalue weighted by molar-refractivity contribution is 5.48. The third kappa shape index (κ3) is 2.48. The monoisotopic (exact) mass is 246 g/mol. The van der Waals surface area contributed by atoms with Gasteiger partial charge in [-0.25, -0.2) is 4.39 Å². The molecule has 1 fully saturated rings. The van der Waals surface area contributed by atoms with Crippen molar-refractivity contribution in [1.82, 2.24) is 0 Å². The Hall–Kier alpha value is -1.56. The first-order valence-corrected chi connectivity index (χ1v) is 6.41. The van der Waals surface area contributed by atoms with E-state index >= 15 is 0 Å². The van der Waals surface area contributed by atoms with Crippen molar-refractivity contribution in [3.05, 3.63) is 30.1 Å². The van der Waals surface area contributed by atoms with Crippen LogP contribution in [0.2, 0.25) is 0 Å². The zero-order valence-corrected chi connectivity index (χ0v) is 11.0. The summed E-state index contributed by atoms with van der Waals surface area (Å²) in [5, 5.41) is 8.92. The van der Waals surface area contributed by atoms with Crippen LogP contribution in [0.5, 0.6) is 0 Å². The first-order chi connectivity index (χ1) is 8.54. The van der Waals surface area contributed by atoms with E-state index in [-0.39, 0.29) is 11.2 Å². The molecule has 0 bridgehead atoms. The quantitative estimate of drug-likeness (QED) is 0.797. The minimum Gasteiger partial charge on any atom is -0.369 e. The predicted octanol–water partition coefficient (Wildman–Crippen LogP) is 3.59. The Kier molecular flexibility index (Phi) is 3.56. The Morgan fingerprint density at radius 2 is 2.17 bits per heavy atom. The van der Waals surface area contributed by atoms with E-state index in [1.54, 1.807) is 6.07 Å². The van der Waals surface area contributed by atoms with Gasteiger partial charge >= 0.3 is 0 Å². The number of para-hydroxylation sites is 1. The van der Waals surface area contributed by atoms with Gasteiger partial charge in [0.2, 0.25) is 0 Å². The molecule has 3 heteroatoms. The van der Waals surface area contributed by atoms with Gasteiger partial charge in [-0.15, -0.1) is 0 Å². The first kappa shape index (κ1) is 12.9. The van der Waals surface area contributed by atoms with Gasteiger partial charge in [0.05, 0.1) is 11.8 Å². The fourth-order valence-corrected chi connectivity index (χ4v) is 2.61. The average Bonchev–Trinajstić information content (AvgIpc) is 2.33. The number of rotatable bonds is 2. The molecule has 1 aromatic carbocycles. The topological polar surface area (TPSA) is 27.0 Å². The maximum Gasteiger partial charge on any atom is 0.146 e. The van der Waals surface area contributed by atoms with Crippen molar-refractivity contribution in [1.29, 1.82) is 5.26 Å². The molecule has 1 atom stereocenters. The Balaban J connectivity index is 2.19. The second-order valence-corrected chi connectivity index (χ2v) is 5.70. The molecule has 1 aliphatic rings. The zero-order valence-electron chi connectivity index (χ0n) is 11.0. The fraction of sp³-hybridized carbons (Fsp3) is 0.533. The molecule has 0 spiro atoms. The van der Waals surface area contributed by atoms with Crippen molar-refractivity contribution < 1.29 is 4.39 Å². The molecule has 2 rings (SSSR count). The fourth-order valence-electron chi connectivity index (χ4n) is 2.61. The highest BCUT2D eigenvalue weighted by Gasteiger charge is 2.35. The van der Waals surface area contributed by atoms with Crippen molar-refractivity contribution in [3.63, 3.8) is 0 Å². The van der Waals surface area contributed by atoms with Crippen LogP contribution < -0.4 is 4.90 Å². The molecular formula is C15H19FN2. The third-order valence-corrected chi connectivity index (χ3v) is 4.10. The van der Waals surface area contributed by atoms with Gasteiger partial charge in [0.1, 0.15) is 5.82 Å². The van der Waals surface area contributed by atoms with E-state index in [0.29, 0.717) is 18.0 Å². The maximum absolute atomic E-state index is 13.8. The summed E-state index contributed by atoms with van der Waals surface area (Å²) in [7, 11) is 0. The van der Waals surface area contributed by atoms with E-state index in [4.69, 9.17) is 5.26 Å². The van der Waals surface area contributed by atoms with Crippen LogP contribution in [0.25, 0.3) is 0 Å². The van der Waals surface area contributed by atoms with Crippen LogP contribution in [-0.2, 0) is 0 Å². The van der Waals surface area contributed by atoms with E-state index in [0.717, 1.165) is 19.5 Å². The number of piperidine rings is 1. The highest BCUT2D eigenvalue weighted by atomic mass is 19.1. The van der Waals surface area contributed by atoms with Gasteiger partial charge < -0.3 is 4.90 Å². The number of hydrogen-bond donors (Lipinski definition) is 0. The lowest BCUT2D eigenvalue weighted by Crippen LogP contribution is -2.45. The molecule has 0 saturated carbocycles. The third-order valence-electron chi connectivity index (χ3n) is 4.10. The molecule has 0 radical (unpaired) electrons. The molecule has 1 aromatic rings. The summed E-state index contributed by atoms with van der Waals surface area (Å²) in [5.74, 6) is 0.128. The Morgan fingerprint density at radius 3 is 2.83 bits per heavy atom. The van der Waals surface area contributed by atoms with Crippen molar-refractivity contribution in [2.75, 3.05) is 18.0 Å². The van der Waals surface area contributed by atoms with E-state index in [1.807, 2.05) is 12.1 Å². The lowest BCUT2D eigenvalue weighted by atomic mass is 9.72. The second-order valence-electron chi connectivity index (χ2n) is 5.70. The SMILES string of the molecule is CC1(C)CCN(c2ccccc2F)CC1CC#N. The molecule has 1 saturated heterocycles. The molecule has 1 heterocycles. The van der Waals surface area contributed by atoms with Gasteiger partial charge in [0.25, 0.3) is 0 Å². The normalized spacial score (nSPS) is 22.6. The molecule has 18 heavy (non-hydrogen) atoms. The summed E-state index contributed by atoms with van der Waals surface area (Å²) in [6.45, 7) is 6.03. The minimum absolute atomic E-state index is 0.164. The Bertz CT molecular complexity index is 462. The van der Waals surface area contributed by atoms with Gasteiger partial charge in [0, 0.05) is 19.5 Å². The Labute approximate surface area is 108 Å². The molecule has 0 N–H and O–H groups in total. The molecule has 96 valence electrons. The van der Waals surface area contributed by atoms with E-state index in [9.17, 15) is 4.39 Å². The predicted molar refractivity (Wildman–Crippen MR) is 70.7 cm³/mol. The van der Waals surface area contributed by atoms with Gasteiger partial charge in [-0.3, -0.25) is 0 Å². The second kappa shape index (κ2) is 4.97. The largest absolute Gasteiger partial charge is 0.369 e. The molecule has 0 amide bonds. The number of anilines is 1. The maximum atomic E-state index is 13.8. The van der Waals surface area contributed by atoms with E-state index < -0.39 is 0 Å². The summed E-state index contributed by atoms with van der Waals surface area (Å²) < 4.78 is 13.8. The van der Waals surface area contributed by atoms with Gasteiger partial charge in [-0.05, 0) is 29.9 Å². The summed E-state index contributed by atoms with van der Waals surface area (Å²) in [6, 6.07) is 9.14. The summed E-state index contributed by atoms with van der Waals surface area (Å²) in [5.41, 5.74) is 0.827. The molecule has 2 nitrogen and oxygen atoms in total. The smallest absolute Gasteiger partial charge is 0.146 e. The number of hydrogen-bond acceptors (Lipinski definition) is 2. The van der Waals surface area contributed by atoms with Crippen LogP contribution >= 0.6 is 0 Å². The molecule has 0 aliphatic carbocycles. The van der Waals surface area contributed by atoms with Crippen LogP contribution in [0.15, 0.2) is 24.3 Å². The summed E-state index contributed by atoms with van der Waals surface area (Å²) in [6.07, 6.45) is 1.53.